The maximum atomic E-state index is 6.40. The molecular formula is C13H22ClN3O. The number of rotatable bonds is 5. The van der Waals surface area contributed by atoms with Crippen LogP contribution in [0.15, 0.2) is 0 Å². The minimum atomic E-state index is 0.408. The maximum absolute atomic E-state index is 6.40. The lowest BCUT2D eigenvalue weighted by Gasteiger charge is -2.22. The number of aromatic nitrogens is 2. The van der Waals surface area contributed by atoms with Gasteiger partial charge in [-0.15, -0.1) is 0 Å². The van der Waals surface area contributed by atoms with Gasteiger partial charge in [0.05, 0.1) is 23.0 Å². The molecule has 5 heteroatoms. The molecule has 2 rings (SSSR count). The molecule has 0 radical (unpaired) electrons. The van der Waals surface area contributed by atoms with Crippen molar-refractivity contribution in [3.8, 4) is 0 Å². The highest BCUT2D eigenvalue weighted by Gasteiger charge is 2.27. The van der Waals surface area contributed by atoms with Gasteiger partial charge in [0, 0.05) is 32.0 Å². The summed E-state index contributed by atoms with van der Waals surface area (Å²) in [5, 5.41) is 8.70. The summed E-state index contributed by atoms with van der Waals surface area (Å²) in [6.45, 7) is 3.81. The zero-order valence-electron chi connectivity index (χ0n) is 11.4. The molecule has 0 aliphatic carbocycles. The molecule has 0 bridgehead atoms. The number of hydrogen-bond acceptors (Lipinski definition) is 3. The molecule has 0 amide bonds. The molecule has 0 spiro atoms. The monoisotopic (exact) mass is 271 g/mol. The molecule has 1 aliphatic heterocycles. The Labute approximate surface area is 114 Å². The van der Waals surface area contributed by atoms with E-state index in [1.54, 1.807) is 0 Å². The molecule has 0 aromatic carbocycles. The first kappa shape index (κ1) is 13.8. The van der Waals surface area contributed by atoms with Gasteiger partial charge < -0.3 is 10.1 Å². The largest absolute Gasteiger partial charge is 0.381 e. The number of likely N-dealkylation sites (N-methyl/N-ethyl adjacent to an activating group) is 1. The van der Waals surface area contributed by atoms with Crippen molar-refractivity contribution in [2.24, 2.45) is 13.0 Å². The summed E-state index contributed by atoms with van der Waals surface area (Å²) < 4.78 is 7.39. The van der Waals surface area contributed by atoms with Crippen molar-refractivity contribution in [3.63, 3.8) is 0 Å². The highest BCUT2D eigenvalue weighted by Crippen LogP contribution is 2.25. The quantitative estimate of drug-likeness (QED) is 0.888. The Morgan fingerprint density at radius 1 is 1.61 bits per heavy atom. The molecule has 2 atom stereocenters. The third-order valence-corrected chi connectivity index (χ3v) is 4.26. The van der Waals surface area contributed by atoms with E-state index >= 15 is 0 Å². The van der Waals surface area contributed by atoms with E-state index in [2.05, 4.69) is 17.3 Å². The van der Waals surface area contributed by atoms with E-state index in [9.17, 15) is 0 Å². The van der Waals surface area contributed by atoms with Crippen LogP contribution in [-0.4, -0.2) is 36.1 Å². The van der Waals surface area contributed by atoms with Crippen LogP contribution in [0.5, 0.6) is 0 Å². The fraction of sp³-hybridized carbons (Fsp3) is 0.769. The summed E-state index contributed by atoms with van der Waals surface area (Å²) >= 11 is 6.40. The van der Waals surface area contributed by atoms with Gasteiger partial charge in [-0.25, -0.2) is 0 Å². The first-order valence-corrected chi connectivity index (χ1v) is 7.00. The van der Waals surface area contributed by atoms with Crippen LogP contribution in [0.2, 0.25) is 5.02 Å². The highest BCUT2D eigenvalue weighted by atomic mass is 35.5. The van der Waals surface area contributed by atoms with E-state index < -0.39 is 0 Å². The van der Waals surface area contributed by atoms with Gasteiger partial charge in [0.25, 0.3) is 0 Å². The van der Waals surface area contributed by atoms with Crippen molar-refractivity contribution in [2.75, 3.05) is 20.3 Å². The van der Waals surface area contributed by atoms with Crippen LogP contribution >= 0.6 is 11.6 Å². The summed E-state index contributed by atoms with van der Waals surface area (Å²) in [6, 6.07) is 0.408. The number of nitrogens with one attached hydrogen (secondary N) is 1. The second kappa shape index (κ2) is 6.04. The zero-order chi connectivity index (χ0) is 13.1. The molecule has 1 aromatic rings. The van der Waals surface area contributed by atoms with Gasteiger partial charge in [0.1, 0.15) is 0 Å². The van der Waals surface area contributed by atoms with Crippen molar-refractivity contribution in [3.05, 3.63) is 16.4 Å². The van der Waals surface area contributed by atoms with Crippen molar-refractivity contribution >= 4 is 11.6 Å². The van der Waals surface area contributed by atoms with Crippen molar-refractivity contribution < 1.29 is 4.74 Å². The maximum Gasteiger partial charge on any atom is 0.0850 e. The van der Waals surface area contributed by atoms with Crippen LogP contribution in [0.25, 0.3) is 0 Å². The molecule has 4 nitrogen and oxygen atoms in total. The van der Waals surface area contributed by atoms with Crippen LogP contribution in [0.1, 0.15) is 24.7 Å². The normalized spacial score (nSPS) is 21.4. The van der Waals surface area contributed by atoms with Crippen LogP contribution < -0.4 is 5.32 Å². The third-order valence-electron chi connectivity index (χ3n) is 3.82. The summed E-state index contributed by atoms with van der Waals surface area (Å²) in [5.41, 5.74) is 2.12. The highest BCUT2D eigenvalue weighted by molar-refractivity contribution is 6.31. The minimum absolute atomic E-state index is 0.408. The van der Waals surface area contributed by atoms with Gasteiger partial charge in [-0.2, -0.15) is 5.10 Å². The number of halogens is 1. The van der Waals surface area contributed by atoms with Gasteiger partial charge in [-0.1, -0.05) is 18.5 Å². The molecule has 1 saturated heterocycles. The average Bonchev–Trinajstić information content (AvgIpc) is 2.97. The fourth-order valence-corrected chi connectivity index (χ4v) is 3.00. The Morgan fingerprint density at radius 3 is 2.89 bits per heavy atom. The van der Waals surface area contributed by atoms with Crippen LogP contribution in [0, 0.1) is 5.92 Å². The van der Waals surface area contributed by atoms with Crippen LogP contribution in [-0.2, 0) is 24.6 Å². The van der Waals surface area contributed by atoms with E-state index in [-0.39, 0.29) is 0 Å². The number of nitrogens with zero attached hydrogens (tertiary/aromatic N) is 2. The molecule has 0 saturated carbocycles. The summed E-state index contributed by atoms with van der Waals surface area (Å²) in [6.07, 6.45) is 2.91. The molecule has 1 aliphatic rings. The smallest absolute Gasteiger partial charge is 0.0850 e. The Bertz CT molecular complexity index is 399. The lowest BCUT2D eigenvalue weighted by Crippen LogP contribution is -2.36. The second-order valence-electron chi connectivity index (χ2n) is 4.91. The standard InChI is InChI=1S/C13H22ClN3O/c1-4-10-13(14)12(17(3)16-10)7-11(15-2)9-5-6-18-8-9/h9,11,15H,4-8H2,1-3H3. The lowest BCUT2D eigenvalue weighted by molar-refractivity contribution is 0.177. The van der Waals surface area contributed by atoms with E-state index in [4.69, 9.17) is 16.3 Å². The van der Waals surface area contributed by atoms with E-state index in [0.717, 1.165) is 48.9 Å². The van der Waals surface area contributed by atoms with Gasteiger partial charge in [0.15, 0.2) is 0 Å². The predicted molar refractivity (Wildman–Crippen MR) is 73.1 cm³/mol. The summed E-state index contributed by atoms with van der Waals surface area (Å²) in [5.74, 6) is 0.575. The first-order valence-electron chi connectivity index (χ1n) is 6.62. The topological polar surface area (TPSA) is 39.1 Å². The van der Waals surface area contributed by atoms with E-state index in [1.165, 1.54) is 0 Å². The van der Waals surface area contributed by atoms with Crippen molar-refractivity contribution in [1.29, 1.82) is 0 Å². The van der Waals surface area contributed by atoms with Crippen LogP contribution in [0.3, 0.4) is 0 Å². The average molecular weight is 272 g/mol. The van der Waals surface area contributed by atoms with Gasteiger partial charge in [-0.3, -0.25) is 4.68 Å². The third kappa shape index (κ3) is 2.71. The van der Waals surface area contributed by atoms with Crippen LogP contribution in [0.4, 0.5) is 0 Å². The molecule has 2 unspecified atom stereocenters. The van der Waals surface area contributed by atoms with E-state index in [1.807, 2.05) is 18.8 Å². The van der Waals surface area contributed by atoms with Crippen molar-refractivity contribution in [1.82, 2.24) is 15.1 Å². The summed E-state index contributed by atoms with van der Waals surface area (Å²) in [4.78, 5) is 0. The summed E-state index contributed by atoms with van der Waals surface area (Å²) in [7, 11) is 3.98. The van der Waals surface area contributed by atoms with Gasteiger partial charge >= 0.3 is 0 Å². The van der Waals surface area contributed by atoms with E-state index in [0.29, 0.717) is 12.0 Å². The number of hydrogen-bond donors (Lipinski definition) is 1. The molecule has 1 N–H and O–H groups in total. The molecule has 102 valence electrons. The zero-order valence-corrected chi connectivity index (χ0v) is 12.1. The lowest BCUT2D eigenvalue weighted by atomic mass is 9.95. The van der Waals surface area contributed by atoms with Crippen molar-refractivity contribution in [2.45, 2.75) is 32.2 Å². The fourth-order valence-electron chi connectivity index (χ4n) is 2.62. The van der Waals surface area contributed by atoms with Gasteiger partial charge in [-0.05, 0) is 19.9 Å². The second-order valence-corrected chi connectivity index (χ2v) is 5.29. The molecule has 1 aromatic heterocycles. The molecule has 18 heavy (non-hydrogen) atoms. The molecule has 1 fully saturated rings. The molecular weight excluding hydrogens is 250 g/mol. The molecule has 2 heterocycles. The Hall–Kier alpha value is -0.580. The Morgan fingerprint density at radius 2 is 2.39 bits per heavy atom. The number of aryl methyl sites for hydroxylation is 2. The van der Waals surface area contributed by atoms with Gasteiger partial charge in [0.2, 0.25) is 0 Å². The Kier molecular flexibility index (Phi) is 4.65. The first-order chi connectivity index (χ1) is 8.67. The predicted octanol–water partition coefficient (Wildman–Crippen LogP) is 1.80. The SMILES string of the molecule is CCc1nn(C)c(CC(NC)C2CCOC2)c1Cl. The Balaban J connectivity index is 2.13. The minimum Gasteiger partial charge on any atom is -0.381 e. The number of ether oxygens (including phenoxy) is 1.